The van der Waals surface area contributed by atoms with Gasteiger partial charge in [0.15, 0.2) is 0 Å². The first kappa shape index (κ1) is 19.0. The Balaban J connectivity index is 2.09. The summed E-state index contributed by atoms with van der Waals surface area (Å²) in [6, 6.07) is 17.0. The predicted molar refractivity (Wildman–Crippen MR) is 95.7 cm³/mol. The van der Waals surface area contributed by atoms with Gasteiger partial charge in [-0.1, -0.05) is 60.7 Å². The van der Waals surface area contributed by atoms with Crippen LogP contribution in [0, 0.1) is 0 Å². The number of nitrogens with zero attached hydrogens (tertiary/aromatic N) is 1. The summed E-state index contributed by atoms with van der Waals surface area (Å²) in [7, 11) is 1.26. The highest BCUT2D eigenvalue weighted by Gasteiger charge is 2.24. The Morgan fingerprint density at radius 1 is 1.04 bits per heavy atom. The highest BCUT2D eigenvalue weighted by molar-refractivity contribution is 5.84. The lowest BCUT2D eigenvalue weighted by molar-refractivity contribution is -0.142. The first-order valence-corrected chi connectivity index (χ1v) is 8.07. The fraction of sp³-hybridized carbons (Fsp3) is 0.211. The number of rotatable bonds is 8. The second-order valence-corrected chi connectivity index (χ2v) is 5.53. The molecular weight excluding hydrogens is 334 g/mol. The molecule has 0 saturated carbocycles. The summed E-state index contributed by atoms with van der Waals surface area (Å²) in [6.07, 6.45) is 0.687. The minimum absolute atomic E-state index is 0.157. The number of benzene rings is 2. The number of ether oxygens (including phenoxy) is 1. The van der Waals surface area contributed by atoms with Crippen molar-refractivity contribution >= 4 is 18.4 Å². The quantitative estimate of drug-likeness (QED) is 0.428. The van der Waals surface area contributed by atoms with Crippen LogP contribution in [-0.4, -0.2) is 36.6 Å². The van der Waals surface area contributed by atoms with Gasteiger partial charge in [-0.3, -0.25) is 10.2 Å². The van der Waals surface area contributed by atoms with Gasteiger partial charge in [-0.2, -0.15) is 0 Å². The summed E-state index contributed by atoms with van der Waals surface area (Å²) < 4.78 is 4.78. The minimum Gasteiger partial charge on any atom is -0.467 e. The third-order valence-corrected chi connectivity index (χ3v) is 3.70. The van der Waals surface area contributed by atoms with E-state index in [4.69, 9.17) is 4.74 Å². The molecule has 0 aliphatic carbocycles. The standard InChI is InChI=1S/C19H21N3O4/c1-26-18(24)17(12-15-8-4-2-5-9-15)21-19(25)22(20-14-23)13-16-10-6-3-7-11-16/h2-11,14,17H,12-13H2,1H3,(H,20,23)(H,21,25). The highest BCUT2D eigenvalue weighted by Crippen LogP contribution is 2.07. The lowest BCUT2D eigenvalue weighted by Crippen LogP contribution is -2.53. The number of carbonyl (C=O) groups excluding carboxylic acids is 3. The summed E-state index contributed by atoms with van der Waals surface area (Å²) >= 11 is 0. The average molecular weight is 355 g/mol. The largest absolute Gasteiger partial charge is 0.467 e. The third-order valence-electron chi connectivity index (χ3n) is 3.70. The summed E-state index contributed by atoms with van der Waals surface area (Å²) in [5.74, 6) is -0.562. The molecule has 0 aliphatic heterocycles. The molecule has 0 fully saturated rings. The highest BCUT2D eigenvalue weighted by atomic mass is 16.5. The van der Waals surface area contributed by atoms with Crippen molar-refractivity contribution in [3.8, 4) is 0 Å². The van der Waals surface area contributed by atoms with Gasteiger partial charge in [-0.05, 0) is 11.1 Å². The van der Waals surface area contributed by atoms with Gasteiger partial charge in [0.25, 0.3) is 0 Å². The van der Waals surface area contributed by atoms with Crippen molar-refractivity contribution in [3.63, 3.8) is 0 Å². The molecular formula is C19H21N3O4. The number of nitrogens with one attached hydrogen (secondary N) is 2. The van der Waals surface area contributed by atoms with Crippen molar-refractivity contribution in [1.82, 2.24) is 15.8 Å². The molecule has 2 aromatic carbocycles. The fourth-order valence-electron chi connectivity index (χ4n) is 2.42. The zero-order chi connectivity index (χ0) is 18.8. The van der Waals surface area contributed by atoms with Gasteiger partial charge in [0, 0.05) is 6.42 Å². The van der Waals surface area contributed by atoms with Gasteiger partial charge in [0.1, 0.15) is 6.04 Å². The second-order valence-electron chi connectivity index (χ2n) is 5.53. The zero-order valence-electron chi connectivity index (χ0n) is 14.4. The number of hydrogen-bond acceptors (Lipinski definition) is 4. The molecule has 0 spiro atoms. The molecule has 0 bridgehead atoms. The van der Waals surface area contributed by atoms with E-state index in [-0.39, 0.29) is 13.0 Å². The smallest absolute Gasteiger partial charge is 0.337 e. The topological polar surface area (TPSA) is 87.7 Å². The van der Waals surface area contributed by atoms with Gasteiger partial charge in [-0.15, -0.1) is 0 Å². The summed E-state index contributed by atoms with van der Waals surface area (Å²) in [4.78, 5) is 35.4. The molecule has 0 heterocycles. The lowest BCUT2D eigenvalue weighted by Gasteiger charge is -2.24. The molecule has 7 heteroatoms. The van der Waals surface area contributed by atoms with Crippen LogP contribution in [0.15, 0.2) is 60.7 Å². The normalized spacial score (nSPS) is 11.1. The van der Waals surface area contributed by atoms with Gasteiger partial charge < -0.3 is 10.1 Å². The van der Waals surface area contributed by atoms with Crippen molar-refractivity contribution in [2.45, 2.75) is 19.0 Å². The van der Waals surface area contributed by atoms with Crippen LogP contribution < -0.4 is 10.7 Å². The van der Waals surface area contributed by atoms with E-state index in [0.29, 0.717) is 6.41 Å². The Hall–Kier alpha value is -3.35. The maximum atomic E-state index is 12.5. The number of hydrazine groups is 1. The van der Waals surface area contributed by atoms with E-state index in [1.165, 1.54) is 7.11 Å². The van der Waals surface area contributed by atoms with Gasteiger partial charge >= 0.3 is 12.0 Å². The Bertz CT molecular complexity index is 722. The van der Waals surface area contributed by atoms with Crippen LogP contribution in [0.5, 0.6) is 0 Å². The number of methoxy groups -OCH3 is 1. The SMILES string of the molecule is COC(=O)C(Cc1ccccc1)NC(=O)N(Cc1ccccc1)NC=O. The van der Waals surface area contributed by atoms with Crippen LogP contribution in [0.4, 0.5) is 4.79 Å². The summed E-state index contributed by atoms with van der Waals surface area (Å²) in [5.41, 5.74) is 4.05. The Morgan fingerprint density at radius 2 is 1.62 bits per heavy atom. The number of urea groups is 1. The molecule has 26 heavy (non-hydrogen) atoms. The molecule has 7 nitrogen and oxygen atoms in total. The molecule has 2 rings (SSSR count). The molecule has 1 unspecified atom stereocenters. The maximum absolute atomic E-state index is 12.5. The molecule has 2 aromatic rings. The molecule has 0 aromatic heterocycles. The van der Waals surface area contributed by atoms with Crippen molar-refractivity contribution in [1.29, 1.82) is 0 Å². The van der Waals surface area contributed by atoms with Crippen molar-refractivity contribution < 1.29 is 19.1 Å². The van der Waals surface area contributed by atoms with Gasteiger partial charge in [-0.25, -0.2) is 14.6 Å². The average Bonchev–Trinajstić information content (AvgIpc) is 2.68. The Kier molecular flexibility index (Phi) is 7.17. The zero-order valence-corrected chi connectivity index (χ0v) is 14.4. The number of esters is 1. The van der Waals surface area contributed by atoms with Crippen LogP contribution >= 0.6 is 0 Å². The number of amides is 3. The number of hydrogen-bond donors (Lipinski definition) is 2. The molecule has 1 atom stereocenters. The summed E-state index contributed by atoms with van der Waals surface area (Å²) in [5, 5.41) is 3.71. The first-order chi connectivity index (χ1) is 12.6. The number of carbonyl (C=O) groups is 3. The molecule has 0 radical (unpaired) electrons. The van der Waals surface area contributed by atoms with E-state index in [0.717, 1.165) is 16.1 Å². The third kappa shape index (κ3) is 5.62. The Labute approximate surface area is 151 Å². The van der Waals surface area contributed by atoms with Crippen LogP contribution in [0.1, 0.15) is 11.1 Å². The first-order valence-electron chi connectivity index (χ1n) is 8.07. The van der Waals surface area contributed by atoms with E-state index >= 15 is 0 Å². The van der Waals surface area contributed by atoms with E-state index < -0.39 is 18.0 Å². The minimum atomic E-state index is -0.873. The van der Waals surface area contributed by atoms with Crippen LogP contribution in [0.2, 0.25) is 0 Å². The van der Waals surface area contributed by atoms with Crippen LogP contribution in [0.25, 0.3) is 0 Å². The maximum Gasteiger partial charge on any atom is 0.337 e. The Morgan fingerprint density at radius 3 is 2.15 bits per heavy atom. The predicted octanol–water partition coefficient (Wildman–Crippen LogP) is 1.64. The van der Waals surface area contributed by atoms with E-state index in [9.17, 15) is 14.4 Å². The molecule has 136 valence electrons. The van der Waals surface area contributed by atoms with Gasteiger partial charge in [0.05, 0.1) is 13.7 Å². The fourth-order valence-corrected chi connectivity index (χ4v) is 2.42. The molecule has 0 saturated heterocycles. The second kappa shape index (κ2) is 9.83. The van der Waals surface area contributed by atoms with Gasteiger partial charge in [0.2, 0.25) is 6.41 Å². The van der Waals surface area contributed by atoms with E-state index in [1.54, 1.807) is 0 Å². The lowest BCUT2D eigenvalue weighted by atomic mass is 10.1. The molecule has 2 N–H and O–H groups in total. The van der Waals surface area contributed by atoms with Crippen molar-refractivity contribution in [2.24, 2.45) is 0 Å². The monoisotopic (exact) mass is 355 g/mol. The van der Waals surface area contributed by atoms with E-state index in [2.05, 4.69) is 10.7 Å². The summed E-state index contributed by atoms with van der Waals surface area (Å²) in [6.45, 7) is 0.157. The molecule has 0 aliphatic rings. The van der Waals surface area contributed by atoms with Crippen molar-refractivity contribution in [2.75, 3.05) is 7.11 Å². The van der Waals surface area contributed by atoms with Crippen LogP contribution in [0.3, 0.4) is 0 Å². The van der Waals surface area contributed by atoms with Crippen molar-refractivity contribution in [3.05, 3.63) is 71.8 Å². The molecule has 3 amide bonds. The van der Waals surface area contributed by atoms with Crippen LogP contribution in [-0.2, 0) is 27.3 Å². The van der Waals surface area contributed by atoms with E-state index in [1.807, 2.05) is 60.7 Å².